The van der Waals surface area contributed by atoms with Crippen LogP contribution in [-0.2, 0) is 14.9 Å². The van der Waals surface area contributed by atoms with Gasteiger partial charge < -0.3 is 9.08 Å². The second-order valence-electron chi connectivity index (χ2n) is 5.01. The van der Waals surface area contributed by atoms with E-state index < -0.39 is 21.4 Å². The molecule has 1 saturated heterocycles. The first-order chi connectivity index (χ1) is 10.1. The maximum atomic E-state index is 12.2. The number of likely N-dealkylation sites (N-methyl/N-ethyl adjacent to an activating group) is 1. The summed E-state index contributed by atoms with van der Waals surface area (Å²) in [7, 11) is -4.00. The zero-order valence-electron chi connectivity index (χ0n) is 11.6. The Balaban J connectivity index is 2.16. The van der Waals surface area contributed by atoms with Crippen molar-refractivity contribution in [3.05, 3.63) is 29.8 Å². The van der Waals surface area contributed by atoms with Crippen molar-refractivity contribution in [1.82, 2.24) is 4.90 Å². The molecule has 0 radical (unpaired) electrons. The van der Waals surface area contributed by atoms with Gasteiger partial charge in [-0.15, -0.1) is 0 Å². The van der Waals surface area contributed by atoms with Crippen LogP contribution in [0, 0.1) is 0 Å². The lowest BCUT2D eigenvalue weighted by Crippen LogP contribution is -2.36. The van der Waals surface area contributed by atoms with Crippen molar-refractivity contribution in [2.75, 3.05) is 13.6 Å². The first kappa shape index (κ1) is 16.6. The van der Waals surface area contributed by atoms with E-state index >= 15 is 0 Å². The fourth-order valence-corrected chi connectivity index (χ4v) is 2.73. The molecule has 1 heterocycles. The predicted molar refractivity (Wildman–Crippen MR) is 71.7 cm³/mol. The van der Waals surface area contributed by atoms with E-state index in [2.05, 4.69) is 4.18 Å². The summed E-state index contributed by atoms with van der Waals surface area (Å²) < 4.78 is 62.5. The fraction of sp³-hybridized carbons (Fsp3) is 0.462. The Morgan fingerprint density at radius 3 is 2.36 bits per heavy atom. The van der Waals surface area contributed by atoms with E-state index in [9.17, 15) is 26.4 Å². The van der Waals surface area contributed by atoms with Gasteiger partial charge in [-0.1, -0.05) is 12.1 Å². The second-order valence-corrected chi connectivity index (χ2v) is 6.54. The Bertz CT molecular complexity index is 655. The molecule has 1 aromatic rings. The van der Waals surface area contributed by atoms with Gasteiger partial charge in [0.25, 0.3) is 0 Å². The standard InChI is InChI=1S/C13H14F3NO4S/c1-17-8-2-3-11(12(17)18)9-4-6-10(7-5-9)21-22(19,20)13(14,15)16/h4-7,11H,2-3,8H2,1H3. The molecule has 2 rings (SSSR count). The molecular weight excluding hydrogens is 323 g/mol. The van der Waals surface area contributed by atoms with Crippen molar-refractivity contribution >= 4 is 16.0 Å². The molecule has 1 aromatic carbocycles. The molecule has 9 heteroatoms. The van der Waals surface area contributed by atoms with Crippen LogP contribution in [-0.4, -0.2) is 38.3 Å². The minimum Gasteiger partial charge on any atom is -0.376 e. The largest absolute Gasteiger partial charge is 0.534 e. The van der Waals surface area contributed by atoms with E-state index in [0.717, 1.165) is 18.6 Å². The van der Waals surface area contributed by atoms with Crippen LogP contribution in [0.4, 0.5) is 13.2 Å². The number of piperidine rings is 1. The van der Waals surface area contributed by atoms with E-state index in [1.807, 2.05) is 0 Å². The van der Waals surface area contributed by atoms with Gasteiger partial charge in [-0.3, -0.25) is 4.79 Å². The molecule has 0 aliphatic carbocycles. The van der Waals surface area contributed by atoms with E-state index in [1.54, 1.807) is 11.9 Å². The molecule has 1 atom stereocenters. The van der Waals surface area contributed by atoms with Gasteiger partial charge in [0.05, 0.1) is 5.92 Å². The van der Waals surface area contributed by atoms with Crippen molar-refractivity contribution in [2.24, 2.45) is 0 Å². The molecule has 0 saturated carbocycles. The van der Waals surface area contributed by atoms with Crippen LogP contribution in [0.3, 0.4) is 0 Å². The Morgan fingerprint density at radius 2 is 1.82 bits per heavy atom. The molecule has 0 N–H and O–H groups in total. The van der Waals surface area contributed by atoms with E-state index in [1.165, 1.54) is 12.1 Å². The molecule has 5 nitrogen and oxygen atoms in total. The molecule has 1 fully saturated rings. The Kier molecular flexibility index (Phi) is 4.37. The predicted octanol–water partition coefficient (Wildman–Crippen LogP) is 2.25. The molecule has 22 heavy (non-hydrogen) atoms. The summed E-state index contributed by atoms with van der Waals surface area (Å²) in [5.41, 5.74) is -4.86. The number of amides is 1. The lowest BCUT2D eigenvalue weighted by atomic mass is 9.90. The molecule has 1 aliphatic rings. The third kappa shape index (κ3) is 3.34. The van der Waals surface area contributed by atoms with Crippen LogP contribution in [0.5, 0.6) is 5.75 Å². The normalized spacial score (nSPS) is 20.1. The van der Waals surface area contributed by atoms with Gasteiger partial charge in [0, 0.05) is 13.6 Å². The van der Waals surface area contributed by atoms with Crippen LogP contribution in [0.15, 0.2) is 24.3 Å². The molecule has 1 aliphatic heterocycles. The van der Waals surface area contributed by atoms with Crippen molar-refractivity contribution in [3.63, 3.8) is 0 Å². The van der Waals surface area contributed by atoms with Gasteiger partial charge in [-0.05, 0) is 30.5 Å². The summed E-state index contributed by atoms with van der Waals surface area (Å²) in [4.78, 5) is 13.6. The van der Waals surface area contributed by atoms with Crippen molar-refractivity contribution in [1.29, 1.82) is 0 Å². The summed E-state index contributed by atoms with van der Waals surface area (Å²) in [6.45, 7) is 0.667. The number of alkyl halides is 3. The highest BCUT2D eigenvalue weighted by atomic mass is 32.2. The van der Waals surface area contributed by atoms with Crippen molar-refractivity contribution in [2.45, 2.75) is 24.3 Å². The van der Waals surface area contributed by atoms with E-state index in [4.69, 9.17) is 0 Å². The number of likely N-dealkylation sites (tertiary alicyclic amines) is 1. The number of rotatable bonds is 3. The molecule has 0 spiro atoms. The summed E-state index contributed by atoms with van der Waals surface area (Å²) in [5, 5.41) is 0. The fourth-order valence-electron chi connectivity index (χ4n) is 2.27. The Hall–Kier alpha value is -1.77. The average Bonchev–Trinajstić information content (AvgIpc) is 2.41. The van der Waals surface area contributed by atoms with Crippen LogP contribution >= 0.6 is 0 Å². The van der Waals surface area contributed by atoms with E-state index in [-0.39, 0.29) is 11.8 Å². The van der Waals surface area contributed by atoms with Crippen LogP contribution in [0.1, 0.15) is 24.3 Å². The van der Waals surface area contributed by atoms with Gasteiger partial charge >= 0.3 is 15.6 Å². The zero-order chi connectivity index (χ0) is 16.5. The van der Waals surface area contributed by atoms with Crippen molar-refractivity contribution in [3.8, 4) is 5.75 Å². The quantitative estimate of drug-likeness (QED) is 0.627. The highest BCUT2D eigenvalue weighted by molar-refractivity contribution is 7.87. The molecular formula is C13H14F3NO4S. The van der Waals surface area contributed by atoms with Crippen molar-refractivity contribution < 1.29 is 30.6 Å². The number of carbonyl (C=O) groups excluding carboxylic acids is 1. The van der Waals surface area contributed by atoms with Crippen LogP contribution < -0.4 is 4.18 Å². The maximum Gasteiger partial charge on any atom is 0.534 e. The summed E-state index contributed by atoms with van der Waals surface area (Å²) in [6, 6.07) is 5.03. The van der Waals surface area contributed by atoms with Gasteiger partial charge in [0.15, 0.2) is 0 Å². The molecule has 1 amide bonds. The Labute approximate surface area is 125 Å². The molecule has 0 aromatic heterocycles. The van der Waals surface area contributed by atoms with Crippen LogP contribution in [0.2, 0.25) is 0 Å². The minimum absolute atomic E-state index is 0.0668. The number of nitrogens with zero attached hydrogens (tertiary/aromatic N) is 1. The number of hydrogen-bond donors (Lipinski definition) is 0. The third-order valence-electron chi connectivity index (χ3n) is 3.43. The highest BCUT2D eigenvalue weighted by Crippen LogP contribution is 2.30. The second kappa shape index (κ2) is 5.79. The first-order valence-corrected chi connectivity index (χ1v) is 7.88. The van der Waals surface area contributed by atoms with Gasteiger partial charge in [-0.2, -0.15) is 21.6 Å². The summed E-state index contributed by atoms with van der Waals surface area (Å²) in [5.74, 6) is -0.882. The van der Waals surface area contributed by atoms with Gasteiger partial charge in [0.1, 0.15) is 5.75 Å². The number of hydrogen-bond acceptors (Lipinski definition) is 4. The molecule has 122 valence electrons. The number of carbonyl (C=O) groups is 1. The number of halogens is 3. The van der Waals surface area contributed by atoms with E-state index in [0.29, 0.717) is 18.5 Å². The smallest absolute Gasteiger partial charge is 0.376 e. The minimum atomic E-state index is -5.68. The monoisotopic (exact) mass is 337 g/mol. The van der Waals surface area contributed by atoms with Gasteiger partial charge in [0.2, 0.25) is 5.91 Å². The lowest BCUT2D eigenvalue weighted by Gasteiger charge is -2.29. The Morgan fingerprint density at radius 1 is 1.23 bits per heavy atom. The average molecular weight is 337 g/mol. The zero-order valence-corrected chi connectivity index (χ0v) is 12.4. The summed E-state index contributed by atoms with van der Waals surface area (Å²) in [6.07, 6.45) is 1.47. The SMILES string of the molecule is CN1CCCC(c2ccc(OS(=O)(=O)C(F)(F)F)cc2)C1=O. The highest BCUT2D eigenvalue weighted by Gasteiger charge is 2.48. The number of benzene rings is 1. The van der Waals surface area contributed by atoms with Gasteiger partial charge in [-0.25, -0.2) is 0 Å². The molecule has 0 bridgehead atoms. The summed E-state index contributed by atoms with van der Waals surface area (Å²) >= 11 is 0. The third-order valence-corrected chi connectivity index (χ3v) is 4.41. The first-order valence-electron chi connectivity index (χ1n) is 6.47. The maximum absolute atomic E-state index is 12.2. The molecule has 1 unspecified atom stereocenters. The van der Waals surface area contributed by atoms with Crippen LogP contribution in [0.25, 0.3) is 0 Å². The lowest BCUT2D eigenvalue weighted by molar-refractivity contribution is -0.133. The topological polar surface area (TPSA) is 63.7 Å².